The molecule has 4 nitrogen and oxygen atoms in total. The number of rotatable bonds is 4. The van der Waals surface area contributed by atoms with Crippen LogP contribution in [-0.4, -0.2) is 20.3 Å². The van der Waals surface area contributed by atoms with E-state index in [-0.39, 0.29) is 5.78 Å². The number of aryl methyl sites for hydroxylation is 2. The van der Waals surface area contributed by atoms with Crippen LogP contribution < -0.4 is 0 Å². The number of fused-ring (bicyclic) bond motifs is 1. The van der Waals surface area contributed by atoms with Crippen LogP contribution in [0.5, 0.6) is 0 Å². The Labute approximate surface area is 117 Å². The molecule has 20 heavy (non-hydrogen) atoms. The monoisotopic (exact) mass is 265 g/mol. The molecular weight excluding hydrogens is 250 g/mol. The van der Waals surface area contributed by atoms with Gasteiger partial charge in [0.25, 0.3) is 0 Å². The molecule has 0 spiro atoms. The van der Waals surface area contributed by atoms with Gasteiger partial charge < -0.3 is 4.57 Å². The van der Waals surface area contributed by atoms with Gasteiger partial charge in [0.2, 0.25) is 0 Å². The number of imidazole rings is 1. The average molecular weight is 265 g/mol. The minimum absolute atomic E-state index is 0.131. The lowest BCUT2D eigenvalue weighted by molar-refractivity contribution is 0.0983. The van der Waals surface area contributed by atoms with Gasteiger partial charge in [0.05, 0.1) is 5.52 Å². The SMILES string of the molecule is Cn1ccnc1CCC(=O)c1cccc2ncccc12. The maximum atomic E-state index is 12.4. The van der Waals surface area contributed by atoms with Crippen LogP contribution >= 0.6 is 0 Å². The molecule has 3 rings (SSSR count). The lowest BCUT2D eigenvalue weighted by atomic mass is 10.0. The van der Waals surface area contributed by atoms with Crippen molar-refractivity contribution >= 4 is 16.7 Å². The maximum Gasteiger partial charge on any atom is 0.164 e. The van der Waals surface area contributed by atoms with E-state index in [4.69, 9.17) is 0 Å². The summed E-state index contributed by atoms with van der Waals surface area (Å²) in [6, 6.07) is 9.47. The maximum absolute atomic E-state index is 12.4. The number of hydrogen-bond donors (Lipinski definition) is 0. The number of benzene rings is 1. The molecular formula is C16H15N3O. The molecule has 3 aromatic rings. The molecule has 1 aromatic carbocycles. The summed E-state index contributed by atoms with van der Waals surface area (Å²) < 4.78 is 1.94. The van der Waals surface area contributed by atoms with Crippen molar-refractivity contribution in [1.29, 1.82) is 0 Å². The minimum Gasteiger partial charge on any atom is -0.338 e. The lowest BCUT2D eigenvalue weighted by Gasteiger charge is -2.05. The normalized spacial score (nSPS) is 10.8. The zero-order valence-electron chi connectivity index (χ0n) is 11.3. The number of ketones is 1. The second-order valence-electron chi connectivity index (χ2n) is 4.75. The Bertz CT molecular complexity index is 756. The van der Waals surface area contributed by atoms with Gasteiger partial charge >= 0.3 is 0 Å². The first-order chi connectivity index (χ1) is 9.75. The summed E-state index contributed by atoms with van der Waals surface area (Å²) >= 11 is 0. The van der Waals surface area contributed by atoms with E-state index >= 15 is 0 Å². The molecule has 2 aromatic heterocycles. The fourth-order valence-electron chi connectivity index (χ4n) is 2.34. The summed E-state index contributed by atoms with van der Waals surface area (Å²) in [5, 5.41) is 0.917. The third-order valence-electron chi connectivity index (χ3n) is 3.44. The summed E-state index contributed by atoms with van der Waals surface area (Å²) in [5.74, 6) is 1.06. The molecule has 0 N–H and O–H groups in total. The predicted molar refractivity (Wildman–Crippen MR) is 77.6 cm³/mol. The van der Waals surface area contributed by atoms with Crippen LogP contribution in [-0.2, 0) is 13.5 Å². The molecule has 100 valence electrons. The van der Waals surface area contributed by atoms with E-state index in [2.05, 4.69) is 9.97 Å². The number of aromatic nitrogens is 3. The topological polar surface area (TPSA) is 47.8 Å². The summed E-state index contributed by atoms with van der Waals surface area (Å²) in [4.78, 5) is 20.9. The first-order valence-electron chi connectivity index (χ1n) is 6.59. The van der Waals surface area contributed by atoms with Crippen LogP contribution in [0.25, 0.3) is 10.9 Å². The Balaban J connectivity index is 1.84. The van der Waals surface area contributed by atoms with Gasteiger partial charge in [0.15, 0.2) is 5.78 Å². The van der Waals surface area contributed by atoms with Crippen molar-refractivity contribution in [2.24, 2.45) is 7.05 Å². The Morgan fingerprint density at radius 2 is 2.05 bits per heavy atom. The Kier molecular flexibility index (Phi) is 3.29. The minimum atomic E-state index is 0.131. The van der Waals surface area contributed by atoms with Crippen LogP contribution in [0.1, 0.15) is 22.6 Å². The zero-order valence-corrected chi connectivity index (χ0v) is 11.3. The van der Waals surface area contributed by atoms with Crippen molar-refractivity contribution in [3.63, 3.8) is 0 Å². The highest BCUT2D eigenvalue weighted by Crippen LogP contribution is 2.18. The van der Waals surface area contributed by atoms with Gasteiger partial charge in [-0.15, -0.1) is 0 Å². The van der Waals surface area contributed by atoms with E-state index in [9.17, 15) is 4.79 Å². The summed E-state index contributed by atoms with van der Waals surface area (Å²) in [7, 11) is 1.94. The van der Waals surface area contributed by atoms with Gasteiger partial charge in [-0.2, -0.15) is 0 Å². The van der Waals surface area contributed by atoms with Gasteiger partial charge in [0.1, 0.15) is 5.82 Å². The first-order valence-corrected chi connectivity index (χ1v) is 6.59. The summed E-state index contributed by atoms with van der Waals surface area (Å²) in [6.07, 6.45) is 6.49. The predicted octanol–water partition coefficient (Wildman–Crippen LogP) is 2.78. The number of hydrogen-bond acceptors (Lipinski definition) is 3. The molecule has 0 radical (unpaired) electrons. The Morgan fingerprint density at radius 1 is 1.15 bits per heavy atom. The second-order valence-corrected chi connectivity index (χ2v) is 4.75. The van der Waals surface area contributed by atoms with E-state index in [0.717, 1.165) is 22.3 Å². The van der Waals surface area contributed by atoms with Gasteiger partial charge in [0, 0.05) is 49.4 Å². The van der Waals surface area contributed by atoms with Crippen molar-refractivity contribution in [3.05, 3.63) is 60.3 Å². The number of nitrogens with zero attached hydrogens (tertiary/aromatic N) is 3. The van der Waals surface area contributed by atoms with Crippen molar-refractivity contribution in [2.45, 2.75) is 12.8 Å². The third-order valence-corrected chi connectivity index (χ3v) is 3.44. The fourth-order valence-corrected chi connectivity index (χ4v) is 2.34. The quantitative estimate of drug-likeness (QED) is 0.681. The highest BCUT2D eigenvalue weighted by atomic mass is 16.1. The van der Waals surface area contributed by atoms with E-state index in [1.807, 2.05) is 48.1 Å². The van der Waals surface area contributed by atoms with Crippen LogP contribution in [0.3, 0.4) is 0 Å². The molecule has 0 bridgehead atoms. The fraction of sp³-hybridized carbons (Fsp3) is 0.188. The summed E-state index contributed by atoms with van der Waals surface area (Å²) in [6.45, 7) is 0. The van der Waals surface area contributed by atoms with Crippen molar-refractivity contribution in [3.8, 4) is 0 Å². The van der Waals surface area contributed by atoms with Gasteiger partial charge in [-0.1, -0.05) is 18.2 Å². The highest BCUT2D eigenvalue weighted by Gasteiger charge is 2.11. The summed E-state index contributed by atoms with van der Waals surface area (Å²) in [5.41, 5.74) is 1.60. The van der Waals surface area contributed by atoms with Crippen LogP contribution in [0, 0.1) is 0 Å². The molecule has 2 heterocycles. The number of carbonyl (C=O) groups excluding carboxylic acids is 1. The van der Waals surface area contributed by atoms with E-state index in [1.54, 1.807) is 12.4 Å². The highest BCUT2D eigenvalue weighted by molar-refractivity contribution is 6.07. The molecule has 0 aliphatic carbocycles. The first kappa shape index (κ1) is 12.5. The van der Waals surface area contributed by atoms with Gasteiger partial charge in [-0.25, -0.2) is 4.98 Å². The largest absolute Gasteiger partial charge is 0.338 e. The van der Waals surface area contributed by atoms with E-state index in [0.29, 0.717) is 12.8 Å². The molecule has 4 heteroatoms. The standard InChI is InChI=1S/C16H15N3O/c1-19-11-10-18-16(19)8-7-15(20)13-4-2-6-14-12(13)5-3-9-17-14/h2-6,9-11H,7-8H2,1H3. The third kappa shape index (κ3) is 2.32. The van der Waals surface area contributed by atoms with Gasteiger partial charge in [-0.05, 0) is 12.1 Å². The Hall–Kier alpha value is -2.49. The molecule has 0 aliphatic heterocycles. The number of Topliss-reactive ketones (excluding diaryl/α,β-unsaturated/α-hetero) is 1. The van der Waals surface area contributed by atoms with Crippen molar-refractivity contribution in [1.82, 2.24) is 14.5 Å². The molecule has 0 unspecified atom stereocenters. The Morgan fingerprint density at radius 3 is 2.85 bits per heavy atom. The number of pyridine rings is 1. The smallest absolute Gasteiger partial charge is 0.164 e. The van der Waals surface area contributed by atoms with Crippen molar-refractivity contribution < 1.29 is 4.79 Å². The molecule has 0 fully saturated rings. The zero-order chi connectivity index (χ0) is 13.9. The van der Waals surface area contributed by atoms with Crippen LogP contribution in [0.4, 0.5) is 0 Å². The van der Waals surface area contributed by atoms with Crippen LogP contribution in [0.2, 0.25) is 0 Å². The van der Waals surface area contributed by atoms with Gasteiger partial charge in [-0.3, -0.25) is 9.78 Å². The van der Waals surface area contributed by atoms with E-state index in [1.165, 1.54) is 0 Å². The molecule has 0 saturated heterocycles. The lowest BCUT2D eigenvalue weighted by Crippen LogP contribution is -2.05. The van der Waals surface area contributed by atoms with Crippen molar-refractivity contribution in [2.75, 3.05) is 0 Å². The van der Waals surface area contributed by atoms with Crippen LogP contribution in [0.15, 0.2) is 48.9 Å². The van der Waals surface area contributed by atoms with E-state index < -0.39 is 0 Å². The number of carbonyl (C=O) groups is 1. The molecule has 0 saturated carbocycles. The molecule has 0 aliphatic rings. The molecule has 0 atom stereocenters. The molecule has 0 amide bonds. The second kappa shape index (κ2) is 5.25. The average Bonchev–Trinajstić information content (AvgIpc) is 2.89.